The van der Waals surface area contributed by atoms with Gasteiger partial charge in [0.15, 0.2) is 0 Å². The van der Waals surface area contributed by atoms with E-state index in [4.69, 9.17) is 4.74 Å². The van der Waals surface area contributed by atoms with Crippen LogP contribution in [0.3, 0.4) is 0 Å². The molecule has 6 nitrogen and oxygen atoms in total. The summed E-state index contributed by atoms with van der Waals surface area (Å²) < 4.78 is 5.75. The molecule has 0 heterocycles. The number of carbonyl (C=O) groups excluding carboxylic acids is 2. The van der Waals surface area contributed by atoms with E-state index in [1.165, 1.54) is 0 Å². The quantitative estimate of drug-likeness (QED) is 0.437. The van der Waals surface area contributed by atoms with E-state index >= 15 is 0 Å². The van der Waals surface area contributed by atoms with Crippen molar-refractivity contribution >= 4 is 23.2 Å². The zero-order valence-corrected chi connectivity index (χ0v) is 19.8. The average Bonchev–Trinajstić information content (AvgIpc) is 2.77. The number of rotatable bonds is 13. The van der Waals surface area contributed by atoms with Crippen molar-refractivity contribution in [2.75, 3.05) is 36.9 Å². The van der Waals surface area contributed by atoms with Crippen LogP contribution in [-0.4, -0.2) is 43.0 Å². The monoisotopic (exact) mass is 439 g/mol. The van der Waals surface area contributed by atoms with Crippen molar-refractivity contribution < 1.29 is 14.3 Å². The zero-order chi connectivity index (χ0) is 23.3. The van der Waals surface area contributed by atoms with Gasteiger partial charge in [0.1, 0.15) is 5.75 Å². The van der Waals surface area contributed by atoms with Crippen LogP contribution < -0.4 is 15.4 Å². The summed E-state index contributed by atoms with van der Waals surface area (Å²) >= 11 is 0. The van der Waals surface area contributed by atoms with Crippen molar-refractivity contribution in [1.82, 2.24) is 4.90 Å². The first kappa shape index (κ1) is 25.2. The number of ether oxygens (including phenoxy) is 1. The van der Waals surface area contributed by atoms with E-state index < -0.39 is 0 Å². The first-order chi connectivity index (χ1) is 15.4. The molecule has 2 N–H and O–H groups in total. The molecule has 32 heavy (non-hydrogen) atoms. The SMILES string of the molecule is CCCN(CCC)C(=O)c1cccc(NCC(=O)Nc2cccc(OCCC(C)C)c2)c1. The van der Waals surface area contributed by atoms with Crippen molar-refractivity contribution in [2.24, 2.45) is 5.92 Å². The Labute approximate surface area is 192 Å². The maximum Gasteiger partial charge on any atom is 0.253 e. The first-order valence-electron chi connectivity index (χ1n) is 11.6. The molecular formula is C26H37N3O3. The second-order valence-electron chi connectivity index (χ2n) is 8.33. The third-order valence-electron chi connectivity index (χ3n) is 4.92. The molecule has 2 aromatic rings. The molecule has 0 spiro atoms. The van der Waals surface area contributed by atoms with Gasteiger partial charge < -0.3 is 20.3 Å². The molecule has 0 bridgehead atoms. The number of nitrogens with one attached hydrogen (secondary N) is 2. The number of amides is 2. The van der Waals surface area contributed by atoms with Crippen LogP contribution in [0.4, 0.5) is 11.4 Å². The van der Waals surface area contributed by atoms with Crippen molar-refractivity contribution in [3.8, 4) is 5.75 Å². The highest BCUT2D eigenvalue weighted by molar-refractivity contribution is 5.96. The molecule has 0 aromatic heterocycles. The lowest BCUT2D eigenvalue weighted by Crippen LogP contribution is -2.32. The number of hydrogen-bond acceptors (Lipinski definition) is 4. The summed E-state index contributed by atoms with van der Waals surface area (Å²) in [7, 11) is 0. The zero-order valence-electron chi connectivity index (χ0n) is 19.8. The van der Waals surface area contributed by atoms with Gasteiger partial charge in [-0.1, -0.05) is 39.8 Å². The van der Waals surface area contributed by atoms with Crippen molar-refractivity contribution in [3.63, 3.8) is 0 Å². The highest BCUT2D eigenvalue weighted by atomic mass is 16.5. The molecule has 0 aliphatic heterocycles. The Morgan fingerprint density at radius 3 is 2.34 bits per heavy atom. The predicted molar refractivity (Wildman–Crippen MR) is 131 cm³/mol. The van der Waals surface area contributed by atoms with Crippen molar-refractivity contribution in [2.45, 2.75) is 47.0 Å². The minimum absolute atomic E-state index is 0.0242. The van der Waals surface area contributed by atoms with Crippen LogP contribution >= 0.6 is 0 Å². The smallest absolute Gasteiger partial charge is 0.253 e. The van der Waals surface area contributed by atoms with E-state index in [0.717, 1.165) is 43.8 Å². The average molecular weight is 440 g/mol. The van der Waals surface area contributed by atoms with Gasteiger partial charge in [-0.05, 0) is 55.5 Å². The fourth-order valence-corrected chi connectivity index (χ4v) is 3.26. The van der Waals surface area contributed by atoms with Gasteiger partial charge in [0.25, 0.3) is 5.91 Å². The van der Waals surface area contributed by atoms with Gasteiger partial charge >= 0.3 is 0 Å². The standard InChI is InChI=1S/C26H37N3O3/c1-5-14-29(15-6-2)26(31)21-9-7-10-22(17-21)27-19-25(30)28-23-11-8-12-24(18-23)32-16-13-20(3)4/h7-12,17-18,20,27H,5-6,13-16,19H2,1-4H3,(H,28,30). The Hall–Kier alpha value is -3.02. The summed E-state index contributed by atoms with van der Waals surface area (Å²) in [6.07, 6.45) is 2.83. The topological polar surface area (TPSA) is 70.7 Å². The Morgan fingerprint density at radius 2 is 1.66 bits per heavy atom. The van der Waals surface area contributed by atoms with Crippen LogP contribution in [-0.2, 0) is 4.79 Å². The van der Waals surface area contributed by atoms with Crippen LogP contribution in [0.2, 0.25) is 0 Å². The maximum absolute atomic E-state index is 12.8. The van der Waals surface area contributed by atoms with Gasteiger partial charge in [0.05, 0.1) is 13.2 Å². The fourth-order valence-electron chi connectivity index (χ4n) is 3.26. The summed E-state index contributed by atoms with van der Waals surface area (Å²) in [5, 5.41) is 5.99. The van der Waals surface area contributed by atoms with Crippen LogP contribution in [0.5, 0.6) is 5.75 Å². The molecule has 0 aliphatic rings. The van der Waals surface area contributed by atoms with E-state index in [1.807, 2.05) is 47.4 Å². The van der Waals surface area contributed by atoms with Gasteiger partial charge in [-0.15, -0.1) is 0 Å². The molecule has 0 unspecified atom stereocenters. The number of carbonyl (C=O) groups is 2. The minimum atomic E-state index is -0.167. The van der Waals surface area contributed by atoms with Gasteiger partial charge in [-0.25, -0.2) is 0 Å². The first-order valence-corrected chi connectivity index (χ1v) is 11.6. The van der Waals surface area contributed by atoms with E-state index in [-0.39, 0.29) is 18.4 Å². The lowest BCUT2D eigenvalue weighted by atomic mass is 10.1. The van der Waals surface area contributed by atoms with Gasteiger partial charge in [0, 0.05) is 36.1 Å². The van der Waals surface area contributed by atoms with E-state index in [1.54, 1.807) is 6.07 Å². The largest absolute Gasteiger partial charge is 0.494 e. The third kappa shape index (κ3) is 8.61. The van der Waals surface area contributed by atoms with Crippen LogP contribution in [0, 0.1) is 5.92 Å². The van der Waals surface area contributed by atoms with Gasteiger partial charge in [-0.2, -0.15) is 0 Å². The molecule has 0 fully saturated rings. The highest BCUT2D eigenvalue weighted by Gasteiger charge is 2.14. The van der Waals surface area contributed by atoms with Crippen molar-refractivity contribution in [1.29, 1.82) is 0 Å². The van der Waals surface area contributed by atoms with E-state index in [2.05, 4.69) is 38.3 Å². The summed E-state index contributed by atoms with van der Waals surface area (Å²) in [4.78, 5) is 27.1. The van der Waals surface area contributed by atoms with Gasteiger partial charge in [-0.3, -0.25) is 9.59 Å². The number of nitrogens with zero attached hydrogens (tertiary/aromatic N) is 1. The molecule has 0 saturated carbocycles. The molecule has 2 aromatic carbocycles. The third-order valence-corrected chi connectivity index (χ3v) is 4.92. The molecular weight excluding hydrogens is 402 g/mol. The molecule has 174 valence electrons. The molecule has 0 saturated heterocycles. The molecule has 6 heteroatoms. The number of hydrogen-bond donors (Lipinski definition) is 2. The van der Waals surface area contributed by atoms with Crippen molar-refractivity contribution in [3.05, 3.63) is 54.1 Å². The molecule has 2 rings (SSSR count). The predicted octanol–water partition coefficient (Wildman–Crippen LogP) is 5.42. The number of benzene rings is 2. The Bertz CT molecular complexity index is 861. The Balaban J connectivity index is 1.90. The van der Waals surface area contributed by atoms with Crippen LogP contribution in [0.15, 0.2) is 48.5 Å². The maximum atomic E-state index is 12.8. The fraction of sp³-hybridized carbons (Fsp3) is 0.462. The summed E-state index contributed by atoms with van der Waals surface area (Å²) in [6, 6.07) is 14.7. The lowest BCUT2D eigenvalue weighted by molar-refractivity contribution is -0.114. The molecule has 0 atom stereocenters. The Morgan fingerprint density at radius 1 is 0.969 bits per heavy atom. The van der Waals surface area contributed by atoms with Crippen LogP contribution in [0.1, 0.15) is 57.3 Å². The highest BCUT2D eigenvalue weighted by Crippen LogP contribution is 2.18. The summed E-state index contributed by atoms with van der Waals surface area (Å²) in [5.41, 5.74) is 2.06. The minimum Gasteiger partial charge on any atom is -0.494 e. The Kier molecular flexibility index (Phi) is 10.6. The normalized spacial score (nSPS) is 10.7. The molecule has 0 radical (unpaired) electrons. The molecule has 2 amide bonds. The van der Waals surface area contributed by atoms with Crippen LogP contribution in [0.25, 0.3) is 0 Å². The summed E-state index contributed by atoms with van der Waals surface area (Å²) in [6.45, 7) is 10.7. The second-order valence-corrected chi connectivity index (χ2v) is 8.33. The van der Waals surface area contributed by atoms with Gasteiger partial charge in [0.2, 0.25) is 5.91 Å². The summed E-state index contributed by atoms with van der Waals surface area (Å²) in [5.74, 6) is 1.18. The number of anilines is 2. The second kappa shape index (κ2) is 13.4. The molecule has 0 aliphatic carbocycles. The lowest BCUT2D eigenvalue weighted by Gasteiger charge is -2.21. The van der Waals surface area contributed by atoms with E-state index in [0.29, 0.717) is 23.8 Å². The van der Waals surface area contributed by atoms with E-state index in [9.17, 15) is 9.59 Å².